The molecule has 0 aliphatic carbocycles. The van der Waals surface area contributed by atoms with E-state index in [4.69, 9.17) is 9.47 Å². The van der Waals surface area contributed by atoms with Crippen molar-refractivity contribution in [1.29, 1.82) is 0 Å². The first-order valence-electron chi connectivity index (χ1n) is 8.61. The number of nitrogens with one attached hydrogen (secondary N) is 1. The molecule has 142 valence electrons. The van der Waals surface area contributed by atoms with Gasteiger partial charge in [-0.3, -0.25) is 4.79 Å². The van der Waals surface area contributed by atoms with Gasteiger partial charge in [0, 0.05) is 11.3 Å². The number of carbonyl (C=O) groups excluding carboxylic acids is 2. The van der Waals surface area contributed by atoms with Crippen LogP contribution in [0, 0.1) is 5.82 Å². The van der Waals surface area contributed by atoms with Crippen molar-refractivity contribution in [1.82, 2.24) is 0 Å². The Hall–Kier alpha value is -3.67. The van der Waals surface area contributed by atoms with Crippen molar-refractivity contribution in [2.24, 2.45) is 0 Å². The number of anilines is 1. The summed E-state index contributed by atoms with van der Waals surface area (Å²) in [6.45, 7) is -0.961. The Labute approximate surface area is 161 Å². The zero-order valence-corrected chi connectivity index (χ0v) is 14.9. The third kappa shape index (κ3) is 5.17. The molecule has 3 aromatic rings. The lowest BCUT2D eigenvalue weighted by atomic mass is 10.0. The number of benzene rings is 3. The van der Waals surface area contributed by atoms with Gasteiger partial charge in [0.05, 0.1) is 0 Å². The van der Waals surface area contributed by atoms with Crippen LogP contribution in [0.5, 0.6) is 5.75 Å². The Morgan fingerprint density at radius 1 is 0.821 bits per heavy atom. The summed E-state index contributed by atoms with van der Waals surface area (Å²) in [5, 5.41) is 2.73. The predicted molar refractivity (Wildman–Crippen MR) is 103 cm³/mol. The zero-order chi connectivity index (χ0) is 19.8. The molecule has 1 amide bonds. The van der Waals surface area contributed by atoms with Gasteiger partial charge in [0.1, 0.15) is 0 Å². The molecule has 0 radical (unpaired) electrons. The van der Waals surface area contributed by atoms with Gasteiger partial charge in [-0.15, -0.1) is 0 Å². The van der Waals surface area contributed by atoms with Crippen LogP contribution in [0.3, 0.4) is 0 Å². The summed E-state index contributed by atoms with van der Waals surface area (Å²) in [6.07, 6.45) is 0. The maximum atomic E-state index is 13.4. The molecule has 0 bridgehead atoms. The van der Waals surface area contributed by atoms with Crippen LogP contribution < -0.4 is 10.1 Å². The number of esters is 1. The molecule has 28 heavy (non-hydrogen) atoms. The van der Waals surface area contributed by atoms with Crippen LogP contribution in [0.15, 0.2) is 78.9 Å². The summed E-state index contributed by atoms with van der Waals surface area (Å²) < 4.78 is 23.4. The van der Waals surface area contributed by atoms with Crippen LogP contribution >= 0.6 is 0 Å². The largest absolute Gasteiger partial charge is 0.479 e. The third-order valence-electron chi connectivity index (χ3n) is 3.83. The van der Waals surface area contributed by atoms with Gasteiger partial charge in [-0.05, 0) is 23.8 Å². The number of para-hydroxylation sites is 2. The maximum absolute atomic E-state index is 13.4. The first-order valence-corrected chi connectivity index (χ1v) is 8.61. The highest BCUT2D eigenvalue weighted by atomic mass is 19.1. The van der Waals surface area contributed by atoms with Crippen molar-refractivity contribution in [3.05, 3.63) is 84.7 Å². The van der Waals surface area contributed by atoms with E-state index < -0.39 is 30.9 Å². The SMILES string of the molecule is O=C(COC(=O)COc1ccccc1F)Nc1ccccc1-c1ccccc1. The molecule has 6 heteroatoms. The van der Waals surface area contributed by atoms with Crippen LogP contribution in [0.25, 0.3) is 11.1 Å². The summed E-state index contributed by atoms with van der Waals surface area (Å²) in [5.74, 6) is -1.89. The van der Waals surface area contributed by atoms with Crippen molar-refractivity contribution in [3.8, 4) is 16.9 Å². The van der Waals surface area contributed by atoms with Crippen molar-refractivity contribution < 1.29 is 23.5 Å². The zero-order valence-electron chi connectivity index (χ0n) is 14.9. The Morgan fingerprint density at radius 2 is 1.50 bits per heavy atom. The summed E-state index contributed by atoms with van der Waals surface area (Å²) in [5.41, 5.74) is 2.41. The fraction of sp³-hybridized carbons (Fsp3) is 0.0909. The average molecular weight is 379 g/mol. The second kappa shape index (κ2) is 9.32. The molecule has 0 saturated carbocycles. The van der Waals surface area contributed by atoms with Crippen molar-refractivity contribution in [3.63, 3.8) is 0 Å². The predicted octanol–water partition coefficient (Wildman–Crippen LogP) is 4.05. The molecule has 0 atom stereocenters. The Kier molecular flexibility index (Phi) is 6.36. The number of rotatable bonds is 7. The lowest BCUT2D eigenvalue weighted by Crippen LogP contribution is -2.24. The fourth-order valence-electron chi connectivity index (χ4n) is 2.53. The van der Waals surface area contributed by atoms with E-state index in [-0.39, 0.29) is 5.75 Å². The molecule has 0 aliphatic heterocycles. The molecule has 1 N–H and O–H groups in total. The van der Waals surface area contributed by atoms with Crippen LogP contribution in [-0.2, 0) is 14.3 Å². The van der Waals surface area contributed by atoms with Crippen LogP contribution in [0.4, 0.5) is 10.1 Å². The Balaban J connectivity index is 1.52. The van der Waals surface area contributed by atoms with Gasteiger partial charge >= 0.3 is 5.97 Å². The first kappa shape index (κ1) is 19.1. The number of carbonyl (C=O) groups is 2. The van der Waals surface area contributed by atoms with Crippen LogP contribution in [0.1, 0.15) is 0 Å². The molecule has 0 heterocycles. The van der Waals surface area contributed by atoms with Gasteiger partial charge in [-0.2, -0.15) is 0 Å². The van der Waals surface area contributed by atoms with E-state index >= 15 is 0 Å². The number of hydrogen-bond acceptors (Lipinski definition) is 4. The number of amides is 1. The quantitative estimate of drug-likeness (QED) is 0.629. The normalized spacial score (nSPS) is 10.2. The molecular formula is C22H18FNO4. The summed E-state index contributed by atoms with van der Waals surface area (Å²) in [4.78, 5) is 23.9. The van der Waals surface area contributed by atoms with Crippen LogP contribution in [0.2, 0.25) is 0 Å². The number of halogens is 1. The number of ether oxygens (including phenoxy) is 2. The van der Waals surface area contributed by atoms with E-state index in [1.165, 1.54) is 18.2 Å². The molecule has 0 aliphatic rings. The first-order chi connectivity index (χ1) is 13.6. The molecule has 3 aromatic carbocycles. The fourth-order valence-corrected chi connectivity index (χ4v) is 2.53. The van der Waals surface area contributed by atoms with Gasteiger partial charge in [0.25, 0.3) is 5.91 Å². The average Bonchev–Trinajstić information content (AvgIpc) is 2.73. The minimum atomic E-state index is -0.769. The molecule has 0 saturated heterocycles. The minimum Gasteiger partial charge on any atom is -0.479 e. The van der Waals surface area contributed by atoms with Crippen molar-refractivity contribution >= 4 is 17.6 Å². The van der Waals surface area contributed by atoms with E-state index in [0.29, 0.717) is 5.69 Å². The standard InChI is InChI=1S/C22H18FNO4/c23-18-11-5-7-13-20(18)27-15-22(26)28-14-21(25)24-19-12-6-4-10-17(19)16-8-2-1-3-9-16/h1-13H,14-15H2,(H,24,25). The highest BCUT2D eigenvalue weighted by Crippen LogP contribution is 2.27. The highest BCUT2D eigenvalue weighted by molar-refractivity contribution is 5.96. The smallest absolute Gasteiger partial charge is 0.344 e. The third-order valence-corrected chi connectivity index (χ3v) is 3.83. The molecular weight excluding hydrogens is 361 g/mol. The Bertz CT molecular complexity index is 960. The van der Waals surface area contributed by atoms with Gasteiger partial charge in [0.15, 0.2) is 24.8 Å². The van der Waals surface area contributed by atoms with E-state index in [0.717, 1.165) is 11.1 Å². The number of hydrogen-bond donors (Lipinski definition) is 1. The molecule has 0 spiro atoms. The maximum Gasteiger partial charge on any atom is 0.344 e. The summed E-state index contributed by atoms with van der Waals surface area (Å²) in [7, 11) is 0. The minimum absolute atomic E-state index is 0.0549. The van der Waals surface area contributed by atoms with E-state index in [2.05, 4.69) is 5.32 Å². The van der Waals surface area contributed by atoms with Gasteiger partial charge in [-0.1, -0.05) is 60.7 Å². The van der Waals surface area contributed by atoms with Crippen LogP contribution in [-0.4, -0.2) is 25.1 Å². The highest BCUT2D eigenvalue weighted by Gasteiger charge is 2.12. The van der Waals surface area contributed by atoms with E-state index in [9.17, 15) is 14.0 Å². The van der Waals surface area contributed by atoms with Gasteiger partial charge < -0.3 is 14.8 Å². The van der Waals surface area contributed by atoms with Crippen molar-refractivity contribution in [2.45, 2.75) is 0 Å². The monoisotopic (exact) mass is 379 g/mol. The van der Waals surface area contributed by atoms with E-state index in [1.807, 2.05) is 42.5 Å². The Morgan fingerprint density at radius 3 is 2.29 bits per heavy atom. The molecule has 0 fully saturated rings. The molecule has 0 unspecified atom stereocenters. The summed E-state index contributed by atoms with van der Waals surface area (Å²) >= 11 is 0. The second-order valence-electron chi connectivity index (χ2n) is 5.84. The van der Waals surface area contributed by atoms with Crippen molar-refractivity contribution in [2.75, 3.05) is 18.5 Å². The van der Waals surface area contributed by atoms with Gasteiger partial charge in [0.2, 0.25) is 0 Å². The second-order valence-corrected chi connectivity index (χ2v) is 5.84. The lowest BCUT2D eigenvalue weighted by molar-refractivity contribution is -0.149. The molecule has 3 rings (SSSR count). The molecule has 0 aromatic heterocycles. The lowest BCUT2D eigenvalue weighted by Gasteiger charge is -2.12. The molecule has 5 nitrogen and oxygen atoms in total. The van der Waals surface area contributed by atoms with E-state index in [1.54, 1.807) is 18.2 Å². The topological polar surface area (TPSA) is 64.6 Å². The van der Waals surface area contributed by atoms with Gasteiger partial charge in [-0.25, -0.2) is 9.18 Å². The summed E-state index contributed by atoms with van der Waals surface area (Å²) in [6, 6.07) is 22.6.